The van der Waals surface area contributed by atoms with Crippen molar-refractivity contribution < 1.29 is 88.8 Å². The van der Waals surface area contributed by atoms with Crippen molar-refractivity contribution in [3.63, 3.8) is 0 Å². The second-order valence-corrected chi connectivity index (χ2v) is 27.2. The first-order valence-corrected chi connectivity index (χ1v) is 40.0. The number of nitriles is 4. The number of rotatable bonds is 25. The van der Waals surface area contributed by atoms with Crippen LogP contribution in [0.2, 0.25) is 10.0 Å². The molecule has 0 spiro atoms. The fourth-order valence-corrected chi connectivity index (χ4v) is 12.0. The molecule has 13 aromatic rings. The number of aromatic amines is 1. The van der Waals surface area contributed by atoms with Crippen LogP contribution in [0.1, 0.15) is 61.8 Å². The van der Waals surface area contributed by atoms with E-state index < -0.39 is 46.8 Å². The van der Waals surface area contributed by atoms with E-state index in [1.807, 2.05) is 170 Å². The number of carbonyl (C=O) groups excluding carboxylic acids is 6. The molecule has 0 unspecified atom stereocenters. The van der Waals surface area contributed by atoms with Gasteiger partial charge in [-0.1, -0.05) is 182 Å². The number of hydrogen-bond acceptors (Lipinski definition) is 27. The Bertz CT molecular complexity index is 6570. The molecule has 0 fully saturated rings. The van der Waals surface area contributed by atoms with E-state index in [2.05, 4.69) is 69.9 Å². The van der Waals surface area contributed by atoms with E-state index in [9.17, 15) is 43.7 Å². The number of methoxy groups -OCH3 is 5. The zero-order valence-electron chi connectivity index (χ0n) is 74.7. The molecule has 6 N–H and O–H groups in total. The van der Waals surface area contributed by atoms with Crippen molar-refractivity contribution in [3.05, 3.63) is 330 Å². The Labute approximate surface area is 791 Å². The number of anilines is 6. The molecule has 135 heavy (non-hydrogen) atoms. The number of non-ortho nitro benzene ring substituents is 1. The molecule has 686 valence electrons. The Morgan fingerprint density at radius 3 is 1.24 bits per heavy atom. The van der Waals surface area contributed by atoms with Crippen molar-refractivity contribution >= 4 is 148 Å². The molecule has 4 radical (unpaired) electrons. The maximum atomic E-state index is 12.4. The summed E-state index contributed by atoms with van der Waals surface area (Å²) in [5.74, 6) is 1.09. The third kappa shape index (κ3) is 31.8. The molecule has 0 saturated heterocycles. The van der Waals surface area contributed by atoms with Crippen LogP contribution in [0.15, 0.2) is 260 Å². The molecule has 0 aliphatic carbocycles. The number of pyridine rings is 3. The molecule has 0 atom stereocenters. The molecule has 0 saturated carbocycles. The summed E-state index contributed by atoms with van der Waals surface area (Å²) in [6.45, 7) is 2.49. The predicted molar refractivity (Wildman–Crippen MR) is 515 cm³/mol. The summed E-state index contributed by atoms with van der Waals surface area (Å²) >= 11 is 12.5. The van der Waals surface area contributed by atoms with Gasteiger partial charge in [-0.05, 0) is 95.4 Å². The van der Waals surface area contributed by atoms with Gasteiger partial charge in [-0.3, -0.25) is 51.0 Å². The molecular weight excluding hydrogens is 1770 g/mol. The zero-order chi connectivity index (χ0) is 99.4. The highest BCUT2D eigenvalue weighted by atomic mass is 35.5. The van der Waals surface area contributed by atoms with E-state index in [0.29, 0.717) is 89.2 Å². The number of halogens is 2. The highest BCUT2D eigenvalue weighted by Crippen LogP contribution is 2.39. The maximum Gasteiger partial charge on any atom is 0.414 e. The molecule has 13 rings (SSSR count). The van der Waals surface area contributed by atoms with Crippen molar-refractivity contribution in [2.45, 2.75) is 47.4 Å². The van der Waals surface area contributed by atoms with Gasteiger partial charge >= 0.3 is 36.4 Å². The quantitative estimate of drug-likeness (QED) is 0.00452. The van der Waals surface area contributed by atoms with E-state index in [1.165, 1.54) is 89.5 Å². The molecular formula is C97H88B2Cl2N14O20. The van der Waals surface area contributed by atoms with E-state index in [4.69, 9.17) is 99.3 Å². The van der Waals surface area contributed by atoms with Gasteiger partial charge in [-0.25, -0.2) is 28.8 Å². The van der Waals surface area contributed by atoms with Crippen molar-refractivity contribution in [2.75, 3.05) is 80.7 Å². The van der Waals surface area contributed by atoms with Crippen LogP contribution in [0.4, 0.5) is 63.8 Å². The topological polar surface area (TPSA) is 464 Å². The van der Waals surface area contributed by atoms with Crippen LogP contribution in [0, 0.1) is 68.3 Å². The third-order valence-electron chi connectivity index (χ3n) is 18.0. The van der Waals surface area contributed by atoms with Gasteiger partial charge in [0.1, 0.15) is 91.6 Å². The van der Waals surface area contributed by atoms with E-state index in [1.54, 1.807) is 68.6 Å². The summed E-state index contributed by atoms with van der Waals surface area (Å²) in [6.07, 6.45) is 10.2. The van der Waals surface area contributed by atoms with E-state index >= 15 is 0 Å². The second kappa shape index (κ2) is 55.8. The Morgan fingerprint density at radius 1 is 0.496 bits per heavy atom. The van der Waals surface area contributed by atoms with E-state index in [-0.39, 0.29) is 91.5 Å². The van der Waals surface area contributed by atoms with Crippen LogP contribution < -0.4 is 60.6 Å². The monoisotopic (exact) mass is 1860 g/mol. The first-order valence-electron chi connectivity index (χ1n) is 40.3. The van der Waals surface area contributed by atoms with Crippen LogP contribution in [0.25, 0.3) is 32.7 Å². The minimum Gasteiger partial charge on any atom is -0.495 e. The van der Waals surface area contributed by atoms with Crippen molar-refractivity contribution in [2.24, 2.45) is 0 Å². The molecule has 3 aromatic heterocycles. The van der Waals surface area contributed by atoms with Gasteiger partial charge < -0.3 is 62.4 Å². The standard InChI is InChI=1S/C21H21N3O5.C20H16ClN3O3.C19H14ClN3O3.C19H15N3O4.C15H14N2O5.C2H2.CH4.B2.H2/c1-3-28-20(25)16(12-22)13-23-17-9-10-19(27-2)18(11-17)24-21(26)29-14-15-7-5-4-6-8-15;1-24(20(25)27-12-13-6-4-3-5-7-13)17-9-16-15(8-18(17)26-2)19(21)14(10-22)11-23-16;1-25-17-7-14-15(22-10-13(9-21)18(14)20)8-16(17)23-19(24)26-11-12-5-3-2-4-6-12;1-25-17-7-14-15(21-10-13(9-20)18(14)23)8-16(17)22-19(24)26-11-12-5-3-2-4-6-12;1-21-14-8-7-12(17(19)20)9-13(14)16-15(18)22-10-11-5-3-2-4-6-11;1-2;;1-2;/h4-11,13,23H,3,14H2,1-2H3,(H,24,26);3-9,11H,12H2,1-2H3;2-8,10H,11H2,1H3,(H,23,24);2-8,10H,11H2,1H3,(H,21,23)(H,22,24);2-9H,10H2,1H3,(H,16,18);1-2H;1H4;;1H/b16-13-;;;;;;;;/i;;;;;;;;1+1D. The number of H-pyrrole nitrogens is 1. The van der Waals surface area contributed by atoms with Gasteiger partial charge in [-0.2, -0.15) is 21.0 Å². The number of nitrogens with zero attached hydrogens (tertiary/aromatic N) is 8. The third-order valence-corrected chi connectivity index (χ3v) is 18.8. The van der Waals surface area contributed by atoms with Gasteiger partial charge in [-0.15, -0.1) is 12.8 Å². The highest BCUT2D eigenvalue weighted by molar-refractivity contribution is 6.75. The molecule has 0 bridgehead atoms. The largest absolute Gasteiger partial charge is 0.495 e. The van der Waals surface area contributed by atoms with Crippen LogP contribution in [0.5, 0.6) is 28.7 Å². The molecule has 5 amide bonds. The smallest absolute Gasteiger partial charge is 0.414 e. The van der Waals surface area contributed by atoms with Gasteiger partial charge in [0.2, 0.25) is 5.43 Å². The lowest BCUT2D eigenvalue weighted by Gasteiger charge is -2.20. The number of hydrogen-bond donors (Lipinski definition) is 6. The number of nitrogens with one attached hydrogen (secondary N) is 6. The Balaban J connectivity index is 0.000000298. The number of fused-ring (bicyclic) bond motifs is 3. The van der Waals surface area contributed by atoms with Crippen molar-refractivity contribution in [1.82, 2.24) is 15.0 Å². The Hall–Kier alpha value is -17.8. The van der Waals surface area contributed by atoms with Gasteiger partial charge in [0, 0.05) is 78.9 Å². The molecule has 38 heteroatoms. The highest BCUT2D eigenvalue weighted by Gasteiger charge is 2.23. The Kier molecular flexibility index (Phi) is 43.1. The SMILES string of the molecule is C.C#C.CCOC(=O)/C(C#N)=C\Nc1ccc(OC)c(NC(=O)OCc2ccccc2)c1.COc1cc2c(=O)c(C#N)c[nH]c2cc1NC(=O)OCc1ccccc1.COc1cc2c(Cl)c(C#N)cnc2cc1N(C)C(=O)OCc1ccccc1.COc1cc2c(Cl)c(C#N)cnc2cc1NC(=O)OCc1ccccc1.COc1ccc([N+](=O)[O-])cc1NC(=O)OCc1ccccc1.[2H][2H].[B][B]. The number of ether oxygens (including phenoxy) is 11. The van der Waals surface area contributed by atoms with Crippen LogP contribution in [-0.4, -0.2) is 121 Å². The van der Waals surface area contributed by atoms with Crippen molar-refractivity contribution in [1.29, 1.82) is 21.0 Å². The van der Waals surface area contributed by atoms with Gasteiger partial charge in [0.15, 0.2) is 5.57 Å². The molecule has 0 aliphatic rings. The lowest BCUT2D eigenvalue weighted by Crippen LogP contribution is -2.27. The first kappa shape index (κ1) is 104. The number of nitro groups is 1. The summed E-state index contributed by atoms with van der Waals surface area (Å²) in [7, 11) is 16.8. The minimum atomic E-state index is -0.723. The summed E-state index contributed by atoms with van der Waals surface area (Å²) in [5.41, 5.74) is 7.93. The summed E-state index contributed by atoms with van der Waals surface area (Å²) in [4.78, 5) is 107. The molecule has 10 aromatic carbocycles. The maximum absolute atomic E-state index is 12.4. The number of aromatic nitrogens is 3. The molecule has 0 aliphatic heterocycles. The number of amides is 5. The summed E-state index contributed by atoms with van der Waals surface area (Å²) < 4.78 is 67.0. The number of carbonyl (C=O) groups is 6. The normalized spacial score (nSPS) is 9.93. The van der Waals surface area contributed by atoms with Gasteiger partial charge in [0.25, 0.3) is 5.69 Å². The second-order valence-electron chi connectivity index (χ2n) is 26.5. The van der Waals surface area contributed by atoms with Crippen LogP contribution >= 0.6 is 23.2 Å². The Morgan fingerprint density at radius 2 is 0.859 bits per heavy atom. The fraction of sp³-hybridized carbons (Fsp3) is 0.144. The number of terminal acetylenes is 1. The lowest BCUT2D eigenvalue weighted by atomic mass is 9.81. The predicted octanol–water partition coefficient (Wildman–Crippen LogP) is 19.8. The number of nitro benzene ring substituents is 1. The fourth-order valence-electron chi connectivity index (χ4n) is 11.5. The average Bonchev–Trinajstić information content (AvgIpc) is 0.780. The van der Waals surface area contributed by atoms with Crippen molar-refractivity contribution in [3.8, 4) is 65.9 Å². The average molecular weight is 1860 g/mol. The van der Waals surface area contributed by atoms with Crippen LogP contribution in [0.3, 0.4) is 0 Å². The molecule has 34 nitrogen and oxygen atoms in total. The van der Waals surface area contributed by atoms with Crippen LogP contribution in [-0.2, 0) is 66.3 Å². The summed E-state index contributed by atoms with van der Waals surface area (Å²) in [6, 6.07) is 72.4. The number of benzene rings is 10. The van der Waals surface area contributed by atoms with E-state index in [0.717, 1.165) is 27.8 Å². The lowest BCUT2D eigenvalue weighted by molar-refractivity contribution is -0.384. The zero-order valence-corrected chi connectivity index (χ0v) is 74.2. The first-order chi connectivity index (χ1) is 65.9. The minimum absolute atomic E-state index is 0. The molecule has 3 heterocycles. The number of esters is 1. The van der Waals surface area contributed by atoms with Gasteiger partial charge in [0.05, 0.1) is 119 Å². The summed E-state index contributed by atoms with van der Waals surface area (Å²) in [5, 5.41) is 62.1.